The Hall–Kier alpha value is -1.09. The Morgan fingerprint density at radius 3 is 2.63 bits per heavy atom. The second-order valence-electron chi connectivity index (χ2n) is 6.66. The van der Waals surface area contributed by atoms with Crippen molar-refractivity contribution in [2.45, 2.75) is 64.6 Å². The zero-order valence-electron chi connectivity index (χ0n) is 12.7. The van der Waals surface area contributed by atoms with Gasteiger partial charge in [-0.2, -0.15) is 0 Å². The van der Waals surface area contributed by atoms with Crippen LogP contribution in [-0.2, 0) is 6.54 Å². The maximum absolute atomic E-state index is 4.31. The first-order valence-corrected chi connectivity index (χ1v) is 7.38. The number of hydrogen-bond donors (Lipinski definition) is 1. The lowest BCUT2D eigenvalue weighted by molar-refractivity contribution is 0.424. The molecule has 1 saturated carbocycles. The third-order valence-corrected chi connectivity index (χ3v) is 3.95. The monoisotopic (exact) mass is 261 g/mol. The molecule has 0 atom stereocenters. The Labute approximate surface area is 117 Å². The van der Waals surface area contributed by atoms with Crippen molar-refractivity contribution in [3.8, 4) is 0 Å². The van der Waals surface area contributed by atoms with E-state index in [-0.39, 0.29) is 5.54 Å². The molecule has 0 radical (unpaired) electrons. The number of hydrogen-bond acceptors (Lipinski definition) is 3. The molecule has 2 rings (SSSR count). The van der Waals surface area contributed by atoms with Gasteiger partial charge in [0.25, 0.3) is 0 Å². The molecule has 0 saturated heterocycles. The Balaban J connectivity index is 2.11. The molecule has 0 aliphatic heterocycles. The number of aromatic nitrogens is 1. The fourth-order valence-electron chi connectivity index (χ4n) is 2.73. The summed E-state index contributed by atoms with van der Waals surface area (Å²) in [5.41, 5.74) is 2.78. The fraction of sp³-hybridized carbons (Fsp3) is 0.688. The minimum Gasteiger partial charge on any atom is -0.370 e. The highest BCUT2D eigenvalue weighted by Gasteiger charge is 2.21. The summed E-state index contributed by atoms with van der Waals surface area (Å²) in [5.74, 6) is 0. The molecule has 1 aromatic rings. The molecule has 0 bridgehead atoms. The Morgan fingerprint density at radius 1 is 1.32 bits per heavy atom. The highest BCUT2D eigenvalue weighted by Crippen LogP contribution is 2.28. The molecular weight excluding hydrogens is 234 g/mol. The van der Waals surface area contributed by atoms with Crippen LogP contribution in [0.3, 0.4) is 0 Å². The lowest BCUT2D eigenvalue weighted by Gasteiger charge is -2.29. The molecule has 1 heterocycles. The first-order valence-electron chi connectivity index (χ1n) is 7.38. The van der Waals surface area contributed by atoms with Crippen LogP contribution in [0.25, 0.3) is 0 Å². The summed E-state index contributed by atoms with van der Waals surface area (Å²) in [7, 11) is 2.22. The zero-order valence-corrected chi connectivity index (χ0v) is 12.7. The molecule has 1 aliphatic carbocycles. The summed E-state index contributed by atoms with van der Waals surface area (Å²) in [6.45, 7) is 7.51. The van der Waals surface area contributed by atoms with E-state index in [0.29, 0.717) is 6.04 Å². The van der Waals surface area contributed by atoms with Crippen LogP contribution in [0.4, 0.5) is 5.69 Å². The van der Waals surface area contributed by atoms with E-state index >= 15 is 0 Å². The van der Waals surface area contributed by atoms with Gasteiger partial charge in [0.15, 0.2) is 0 Å². The van der Waals surface area contributed by atoms with Gasteiger partial charge < -0.3 is 10.2 Å². The zero-order chi connectivity index (χ0) is 13.9. The van der Waals surface area contributed by atoms with Gasteiger partial charge in [-0.15, -0.1) is 0 Å². The first-order chi connectivity index (χ1) is 8.97. The molecule has 1 fully saturated rings. The molecule has 1 aromatic heterocycles. The van der Waals surface area contributed by atoms with E-state index in [1.807, 2.05) is 12.4 Å². The van der Waals surface area contributed by atoms with Crippen LogP contribution in [0.2, 0.25) is 0 Å². The van der Waals surface area contributed by atoms with E-state index in [0.717, 1.165) is 6.54 Å². The summed E-state index contributed by atoms with van der Waals surface area (Å²) in [4.78, 5) is 6.74. The van der Waals surface area contributed by atoms with Crippen LogP contribution in [-0.4, -0.2) is 23.6 Å². The van der Waals surface area contributed by atoms with Crippen molar-refractivity contribution in [1.29, 1.82) is 0 Å². The number of nitrogens with zero attached hydrogens (tertiary/aromatic N) is 2. The summed E-state index contributed by atoms with van der Waals surface area (Å²) < 4.78 is 0. The Morgan fingerprint density at radius 2 is 2.00 bits per heavy atom. The average Bonchev–Trinajstić information content (AvgIpc) is 2.89. The topological polar surface area (TPSA) is 28.2 Å². The van der Waals surface area contributed by atoms with Crippen molar-refractivity contribution in [3.05, 3.63) is 24.0 Å². The van der Waals surface area contributed by atoms with Crippen LogP contribution in [0.1, 0.15) is 52.0 Å². The number of rotatable bonds is 4. The number of anilines is 1. The maximum atomic E-state index is 4.31. The molecule has 1 aliphatic rings. The summed E-state index contributed by atoms with van der Waals surface area (Å²) >= 11 is 0. The molecule has 3 nitrogen and oxygen atoms in total. The van der Waals surface area contributed by atoms with E-state index in [2.05, 4.69) is 49.1 Å². The second-order valence-corrected chi connectivity index (χ2v) is 6.66. The van der Waals surface area contributed by atoms with Crippen molar-refractivity contribution in [1.82, 2.24) is 10.3 Å². The van der Waals surface area contributed by atoms with Gasteiger partial charge in [0, 0.05) is 31.4 Å². The van der Waals surface area contributed by atoms with Crippen LogP contribution >= 0.6 is 0 Å². The van der Waals surface area contributed by atoms with Gasteiger partial charge in [0.05, 0.1) is 11.9 Å². The van der Waals surface area contributed by atoms with Crippen LogP contribution in [0.15, 0.2) is 18.5 Å². The van der Waals surface area contributed by atoms with E-state index in [9.17, 15) is 0 Å². The van der Waals surface area contributed by atoms with Crippen molar-refractivity contribution >= 4 is 5.69 Å². The van der Waals surface area contributed by atoms with E-state index in [1.54, 1.807) is 0 Å². The summed E-state index contributed by atoms with van der Waals surface area (Å²) in [5, 5.41) is 3.57. The molecule has 19 heavy (non-hydrogen) atoms. The minimum atomic E-state index is 0.145. The van der Waals surface area contributed by atoms with E-state index < -0.39 is 0 Å². The summed E-state index contributed by atoms with van der Waals surface area (Å²) in [6, 6.07) is 2.83. The normalized spacial score (nSPS) is 16.8. The molecule has 1 N–H and O–H groups in total. The Bertz CT molecular complexity index is 403. The van der Waals surface area contributed by atoms with Crippen LogP contribution in [0.5, 0.6) is 0 Å². The van der Waals surface area contributed by atoms with Gasteiger partial charge in [0.2, 0.25) is 0 Å². The predicted octanol–water partition coefficient (Wildman–Crippen LogP) is 3.35. The predicted molar refractivity (Wildman–Crippen MR) is 81.5 cm³/mol. The van der Waals surface area contributed by atoms with Crippen molar-refractivity contribution in [3.63, 3.8) is 0 Å². The van der Waals surface area contributed by atoms with Gasteiger partial charge in [-0.3, -0.25) is 4.98 Å². The molecule has 0 spiro atoms. The highest BCUT2D eigenvalue weighted by molar-refractivity contribution is 5.52. The van der Waals surface area contributed by atoms with E-state index in [1.165, 1.54) is 36.9 Å². The standard InChI is InChI=1S/C16H27N3/c1-16(2,3)18-11-13-9-10-17-12-15(13)19(4)14-7-5-6-8-14/h9-10,12,14,18H,5-8,11H2,1-4H3. The van der Waals surface area contributed by atoms with Gasteiger partial charge in [-0.25, -0.2) is 0 Å². The highest BCUT2D eigenvalue weighted by atomic mass is 15.1. The van der Waals surface area contributed by atoms with Gasteiger partial charge in [0.1, 0.15) is 0 Å². The fourth-order valence-corrected chi connectivity index (χ4v) is 2.73. The second kappa shape index (κ2) is 5.91. The first kappa shape index (κ1) is 14.3. The average molecular weight is 261 g/mol. The van der Waals surface area contributed by atoms with Gasteiger partial charge >= 0.3 is 0 Å². The molecule has 106 valence electrons. The van der Waals surface area contributed by atoms with Gasteiger partial charge in [-0.05, 0) is 45.2 Å². The lowest BCUT2D eigenvalue weighted by Crippen LogP contribution is -2.36. The third-order valence-electron chi connectivity index (χ3n) is 3.95. The largest absolute Gasteiger partial charge is 0.370 e. The smallest absolute Gasteiger partial charge is 0.0598 e. The lowest BCUT2D eigenvalue weighted by atomic mass is 10.1. The quantitative estimate of drug-likeness (QED) is 0.901. The van der Waals surface area contributed by atoms with Crippen molar-refractivity contribution in [2.75, 3.05) is 11.9 Å². The van der Waals surface area contributed by atoms with Crippen molar-refractivity contribution < 1.29 is 0 Å². The van der Waals surface area contributed by atoms with E-state index in [4.69, 9.17) is 0 Å². The van der Waals surface area contributed by atoms with Crippen LogP contribution < -0.4 is 10.2 Å². The Kier molecular flexibility index (Phi) is 4.46. The molecule has 0 unspecified atom stereocenters. The molecule has 0 amide bonds. The third kappa shape index (κ3) is 3.93. The molecular formula is C16H27N3. The SMILES string of the molecule is CN(c1cnccc1CNC(C)(C)C)C1CCCC1. The van der Waals surface area contributed by atoms with Crippen molar-refractivity contribution in [2.24, 2.45) is 0 Å². The van der Waals surface area contributed by atoms with Gasteiger partial charge in [-0.1, -0.05) is 12.8 Å². The number of pyridine rings is 1. The van der Waals surface area contributed by atoms with Crippen LogP contribution in [0, 0.1) is 0 Å². The molecule has 0 aromatic carbocycles. The minimum absolute atomic E-state index is 0.145. The number of nitrogens with one attached hydrogen (secondary N) is 1. The molecule has 3 heteroatoms. The summed E-state index contributed by atoms with van der Waals surface area (Å²) in [6.07, 6.45) is 9.27. The maximum Gasteiger partial charge on any atom is 0.0598 e.